The highest BCUT2D eigenvalue weighted by Crippen LogP contribution is 2.10. The molecular formula is C20H31N5O4. The Bertz CT molecular complexity index is 675. The van der Waals surface area contributed by atoms with Gasteiger partial charge in [0, 0.05) is 58.1 Å². The molecule has 0 spiro atoms. The zero-order chi connectivity index (χ0) is 21.2. The number of aromatic nitrogens is 2. The van der Waals surface area contributed by atoms with E-state index in [-0.39, 0.29) is 30.0 Å². The number of carbonyl (C=O) groups is 3. The average molecular weight is 405 g/mol. The van der Waals surface area contributed by atoms with Crippen molar-refractivity contribution in [1.29, 1.82) is 0 Å². The van der Waals surface area contributed by atoms with Gasteiger partial charge in [-0.3, -0.25) is 14.6 Å². The summed E-state index contributed by atoms with van der Waals surface area (Å²) in [6, 6.07) is 0. The van der Waals surface area contributed by atoms with Crippen molar-refractivity contribution in [3.05, 3.63) is 24.3 Å². The highest BCUT2D eigenvalue weighted by molar-refractivity contribution is 5.92. The maximum absolute atomic E-state index is 12.8. The first-order chi connectivity index (χ1) is 13.9. The second kappa shape index (κ2) is 11.3. The summed E-state index contributed by atoms with van der Waals surface area (Å²) in [5.74, 6) is 0.215. The van der Waals surface area contributed by atoms with Crippen LogP contribution in [-0.2, 0) is 9.53 Å². The Hall–Kier alpha value is -2.71. The van der Waals surface area contributed by atoms with Gasteiger partial charge in [-0.1, -0.05) is 13.8 Å². The second-order valence-corrected chi connectivity index (χ2v) is 7.38. The van der Waals surface area contributed by atoms with Crippen LogP contribution in [0.15, 0.2) is 18.6 Å². The van der Waals surface area contributed by atoms with E-state index in [0.717, 1.165) is 6.42 Å². The van der Waals surface area contributed by atoms with Crippen molar-refractivity contribution in [2.75, 3.05) is 45.9 Å². The molecule has 1 saturated heterocycles. The summed E-state index contributed by atoms with van der Waals surface area (Å²) in [4.78, 5) is 50.2. The topological polar surface area (TPSA) is 95.9 Å². The molecule has 0 bridgehead atoms. The molecule has 1 aromatic heterocycles. The van der Waals surface area contributed by atoms with Crippen LogP contribution in [-0.4, -0.2) is 88.5 Å². The van der Waals surface area contributed by atoms with E-state index in [0.29, 0.717) is 51.8 Å². The zero-order valence-corrected chi connectivity index (χ0v) is 17.5. The Balaban J connectivity index is 1.88. The van der Waals surface area contributed by atoms with Gasteiger partial charge in [0.2, 0.25) is 5.91 Å². The predicted octanol–water partition coefficient (Wildman–Crippen LogP) is 1.66. The van der Waals surface area contributed by atoms with Crippen LogP contribution in [0.5, 0.6) is 0 Å². The molecule has 1 aromatic rings. The molecule has 2 rings (SSSR count). The maximum atomic E-state index is 12.8. The molecule has 1 aliphatic rings. The lowest BCUT2D eigenvalue weighted by molar-refractivity contribution is -0.133. The highest BCUT2D eigenvalue weighted by atomic mass is 16.6. The number of nitrogens with zero attached hydrogens (tertiary/aromatic N) is 5. The Kier molecular flexibility index (Phi) is 8.82. The third-order valence-corrected chi connectivity index (χ3v) is 4.80. The van der Waals surface area contributed by atoms with Crippen LogP contribution < -0.4 is 0 Å². The van der Waals surface area contributed by atoms with E-state index in [4.69, 9.17) is 4.74 Å². The van der Waals surface area contributed by atoms with Gasteiger partial charge in [0.05, 0.1) is 12.8 Å². The van der Waals surface area contributed by atoms with Gasteiger partial charge in [-0.25, -0.2) is 9.78 Å². The number of ether oxygens (including phenoxy) is 1. The quantitative estimate of drug-likeness (QED) is 0.653. The van der Waals surface area contributed by atoms with Gasteiger partial charge in [0.15, 0.2) is 0 Å². The van der Waals surface area contributed by atoms with E-state index in [1.807, 2.05) is 0 Å². The van der Waals surface area contributed by atoms with Crippen LogP contribution in [0.25, 0.3) is 0 Å². The van der Waals surface area contributed by atoms with Crippen molar-refractivity contribution in [3.8, 4) is 0 Å². The van der Waals surface area contributed by atoms with Crippen LogP contribution in [0.2, 0.25) is 0 Å². The SMILES string of the molecule is CCOC(=O)N1CCN(C(=O)CCN(CCC(C)C)C(=O)c2cnccn2)CC1. The first-order valence-electron chi connectivity index (χ1n) is 10.2. The standard InChI is InChI=1S/C20H31N5O4/c1-4-29-20(28)25-13-11-23(12-14-25)18(26)6-10-24(9-5-16(2)3)19(27)17-15-21-7-8-22-17/h7-8,15-16H,4-6,9-14H2,1-3H3. The van der Waals surface area contributed by atoms with Gasteiger partial charge in [0.1, 0.15) is 5.69 Å². The summed E-state index contributed by atoms with van der Waals surface area (Å²) in [6.45, 7) is 9.06. The number of piperazine rings is 1. The molecule has 0 radical (unpaired) electrons. The third kappa shape index (κ3) is 6.99. The smallest absolute Gasteiger partial charge is 0.409 e. The molecule has 9 heteroatoms. The average Bonchev–Trinajstić information content (AvgIpc) is 2.74. The van der Waals surface area contributed by atoms with Crippen LogP contribution in [0.3, 0.4) is 0 Å². The molecule has 1 fully saturated rings. The Morgan fingerprint density at radius 3 is 2.38 bits per heavy atom. The minimum atomic E-state index is -0.339. The fourth-order valence-electron chi connectivity index (χ4n) is 3.04. The highest BCUT2D eigenvalue weighted by Gasteiger charge is 2.26. The molecule has 0 saturated carbocycles. The van der Waals surface area contributed by atoms with Gasteiger partial charge >= 0.3 is 6.09 Å². The maximum Gasteiger partial charge on any atom is 0.409 e. The molecule has 2 heterocycles. The zero-order valence-electron chi connectivity index (χ0n) is 17.5. The van der Waals surface area contributed by atoms with Crippen LogP contribution in [0, 0.1) is 5.92 Å². The fourth-order valence-corrected chi connectivity index (χ4v) is 3.04. The van der Waals surface area contributed by atoms with Gasteiger partial charge in [-0.05, 0) is 19.3 Å². The van der Waals surface area contributed by atoms with Crippen LogP contribution in [0.4, 0.5) is 4.79 Å². The molecular weight excluding hydrogens is 374 g/mol. The molecule has 0 aromatic carbocycles. The molecule has 1 aliphatic heterocycles. The van der Waals surface area contributed by atoms with E-state index in [2.05, 4.69) is 23.8 Å². The number of hydrogen-bond acceptors (Lipinski definition) is 6. The molecule has 9 nitrogen and oxygen atoms in total. The van der Waals surface area contributed by atoms with Crippen molar-refractivity contribution in [2.45, 2.75) is 33.6 Å². The minimum Gasteiger partial charge on any atom is -0.450 e. The molecule has 0 atom stereocenters. The van der Waals surface area contributed by atoms with Gasteiger partial charge in [0.25, 0.3) is 5.91 Å². The first kappa shape index (κ1) is 22.6. The van der Waals surface area contributed by atoms with Crippen molar-refractivity contribution < 1.29 is 19.1 Å². The number of amides is 3. The molecule has 3 amide bonds. The second-order valence-electron chi connectivity index (χ2n) is 7.38. The third-order valence-electron chi connectivity index (χ3n) is 4.80. The minimum absolute atomic E-state index is 0.0185. The lowest BCUT2D eigenvalue weighted by Crippen LogP contribution is -2.51. The van der Waals surface area contributed by atoms with Gasteiger partial charge in [-0.15, -0.1) is 0 Å². The fraction of sp³-hybridized carbons (Fsp3) is 0.650. The molecule has 0 aliphatic carbocycles. The summed E-state index contributed by atoms with van der Waals surface area (Å²) < 4.78 is 5.00. The van der Waals surface area contributed by atoms with Crippen molar-refractivity contribution >= 4 is 17.9 Å². The normalized spacial score (nSPS) is 14.1. The summed E-state index contributed by atoms with van der Waals surface area (Å²) in [5.41, 5.74) is 0.284. The van der Waals surface area contributed by atoms with Crippen molar-refractivity contribution in [1.82, 2.24) is 24.7 Å². The van der Waals surface area contributed by atoms with Crippen molar-refractivity contribution in [3.63, 3.8) is 0 Å². The van der Waals surface area contributed by atoms with E-state index in [1.54, 1.807) is 21.6 Å². The van der Waals surface area contributed by atoms with Crippen molar-refractivity contribution in [2.24, 2.45) is 5.92 Å². The predicted molar refractivity (Wildman–Crippen MR) is 107 cm³/mol. The number of rotatable bonds is 8. The number of carbonyl (C=O) groups excluding carboxylic acids is 3. The Morgan fingerprint density at radius 2 is 1.79 bits per heavy atom. The lowest BCUT2D eigenvalue weighted by atomic mass is 10.1. The van der Waals surface area contributed by atoms with E-state index in [1.165, 1.54) is 18.6 Å². The summed E-state index contributed by atoms with van der Waals surface area (Å²) in [7, 11) is 0. The number of hydrogen-bond donors (Lipinski definition) is 0. The summed E-state index contributed by atoms with van der Waals surface area (Å²) >= 11 is 0. The molecule has 29 heavy (non-hydrogen) atoms. The lowest BCUT2D eigenvalue weighted by Gasteiger charge is -2.34. The van der Waals surface area contributed by atoms with E-state index >= 15 is 0 Å². The van der Waals surface area contributed by atoms with Crippen LogP contribution >= 0.6 is 0 Å². The summed E-state index contributed by atoms with van der Waals surface area (Å²) in [6.07, 6.45) is 5.20. The van der Waals surface area contributed by atoms with Gasteiger partial charge in [-0.2, -0.15) is 0 Å². The largest absolute Gasteiger partial charge is 0.450 e. The first-order valence-corrected chi connectivity index (χ1v) is 10.2. The van der Waals surface area contributed by atoms with E-state index in [9.17, 15) is 14.4 Å². The molecule has 0 unspecified atom stereocenters. The van der Waals surface area contributed by atoms with E-state index < -0.39 is 0 Å². The van der Waals surface area contributed by atoms with Gasteiger partial charge < -0.3 is 19.4 Å². The Labute approximate surface area is 172 Å². The molecule has 160 valence electrons. The van der Waals surface area contributed by atoms with Crippen LogP contribution in [0.1, 0.15) is 44.1 Å². The Morgan fingerprint density at radius 1 is 1.10 bits per heavy atom. The summed E-state index contributed by atoms with van der Waals surface area (Å²) in [5, 5.41) is 0. The molecule has 0 N–H and O–H groups in total. The monoisotopic (exact) mass is 405 g/mol.